The quantitative estimate of drug-likeness (QED) is 0.0183. The van der Waals surface area contributed by atoms with Gasteiger partial charge in [-0.2, -0.15) is 0 Å². The smallest absolute Gasteiger partial charge is 0.462 e. The fraction of sp³-hybridized carbons (Fsp3) is 0.773. The lowest BCUT2D eigenvalue weighted by Crippen LogP contribution is -2.29. The number of hydrogen-bond donors (Lipinski definition) is 3. The van der Waals surface area contributed by atoms with E-state index in [1.807, 2.05) is 18.2 Å². The van der Waals surface area contributed by atoms with Crippen LogP contribution in [0, 0.1) is 0 Å². The molecular formula is C44H79O9P. The van der Waals surface area contributed by atoms with Crippen LogP contribution < -0.4 is 0 Å². The third-order valence-electron chi connectivity index (χ3n) is 9.18. The number of unbranched alkanes of at least 4 members (excludes halogenated alkanes) is 21. The van der Waals surface area contributed by atoms with E-state index < -0.39 is 38.6 Å². The molecule has 0 aliphatic rings. The number of aliphatic hydroxyl groups excluding tert-OH is 1. The number of esters is 2. The molecule has 10 heteroatoms. The summed E-state index contributed by atoms with van der Waals surface area (Å²) in [5.41, 5.74) is 0. The van der Waals surface area contributed by atoms with Crippen molar-refractivity contribution in [3.63, 3.8) is 0 Å². The SMILES string of the molecule is CCCCC/C=C\C/C=C\CC(O)/C=C\C=C\CCCC(=O)O[C@H](COC(=O)CCCCCCCCCCCCCCCCCCCC)COP(=O)(O)O. The van der Waals surface area contributed by atoms with Crippen molar-refractivity contribution in [3.05, 3.63) is 48.6 Å². The van der Waals surface area contributed by atoms with Gasteiger partial charge in [0.05, 0.1) is 12.7 Å². The van der Waals surface area contributed by atoms with E-state index in [2.05, 4.69) is 36.6 Å². The number of carbonyl (C=O) groups is 2. The molecule has 314 valence electrons. The molecule has 2 atom stereocenters. The fourth-order valence-corrected chi connectivity index (χ4v) is 6.28. The van der Waals surface area contributed by atoms with Gasteiger partial charge in [0.1, 0.15) is 6.61 Å². The van der Waals surface area contributed by atoms with Crippen LogP contribution in [0.2, 0.25) is 0 Å². The minimum Gasteiger partial charge on any atom is -0.462 e. The lowest BCUT2D eigenvalue weighted by Gasteiger charge is -2.18. The lowest BCUT2D eigenvalue weighted by atomic mass is 10.0. The maximum Gasteiger partial charge on any atom is 0.469 e. The summed E-state index contributed by atoms with van der Waals surface area (Å²) >= 11 is 0. The summed E-state index contributed by atoms with van der Waals surface area (Å²) in [6.45, 7) is 3.55. The Bertz CT molecular complexity index is 1030. The highest BCUT2D eigenvalue weighted by molar-refractivity contribution is 7.46. The van der Waals surface area contributed by atoms with Gasteiger partial charge in [-0.15, -0.1) is 0 Å². The topological polar surface area (TPSA) is 140 Å². The molecule has 0 rings (SSSR count). The Morgan fingerprint density at radius 2 is 1.07 bits per heavy atom. The third kappa shape index (κ3) is 41.1. The number of ether oxygens (including phenoxy) is 2. The first-order chi connectivity index (χ1) is 26.2. The van der Waals surface area contributed by atoms with Gasteiger partial charge in [0.25, 0.3) is 0 Å². The maximum absolute atomic E-state index is 12.4. The zero-order valence-electron chi connectivity index (χ0n) is 34.2. The Morgan fingerprint density at radius 1 is 0.574 bits per heavy atom. The third-order valence-corrected chi connectivity index (χ3v) is 9.67. The van der Waals surface area contributed by atoms with Crippen LogP contribution in [-0.2, 0) is 28.2 Å². The minimum absolute atomic E-state index is 0.0776. The van der Waals surface area contributed by atoms with Crippen LogP contribution in [0.1, 0.15) is 194 Å². The molecule has 0 heterocycles. The highest BCUT2D eigenvalue weighted by atomic mass is 31.2. The largest absolute Gasteiger partial charge is 0.469 e. The molecule has 54 heavy (non-hydrogen) atoms. The van der Waals surface area contributed by atoms with Crippen molar-refractivity contribution in [1.82, 2.24) is 0 Å². The average Bonchev–Trinajstić information content (AvgIpc) is 3.14. The average molecular weight is 783 g/mol. The predicted octanol–water partition coefficient (Wildman–Crippen LogP) is 12.1. The van der Waals surface area contributed by atoms with Gasteiger partial charge in [0, 0.05) is 12.8 Å². The van der Waals surface area contributed by atoms with Crippen LogP contribution in [0.15, 0.2) is 48.6 Å². The van der Waals surface area contributed by atoms with Gasteiger partial charge in [0.15, 0.2) is 6.10 Å². The van der Waals surface area contributed by atoms with Crippen LogP contribution >= 0.6 is 7.82 Å². The first kappa shape index (κ1) is 52.0. The number of hydrogen-bond acceptors (Lipinski definition) is 7. The molecule has 0 bridgehead atoms. The molecule has 0 saturated carbocycles. The number of allylic oxidation sites excluding steroid dienone is 6. The van der Waals surface area contributed by atoms with E-state index in [1.54, 1.807) is 12.2 Å². The summed E-state index contributed by atoms with van der Waals surface area (Å²) in [5, 5.41) is 10.1. The molecule has 0 aliphatic carbocycles. The van der Waals surface area contributed by atoms with Crippen LogP contribution in [0.4, 0.5) is 0 Å². The number of aliphatic hydroxyl groups is 1. The van der Waals surface area contributed by atoms with Crippen LogP contribution in [0.3, 0.4) is 0 Å². The van der Waals surface area contributed by atoms with E-state index >= 15 is 0 Å². The molecule has 1 unspecified atom stereocenters. The van der Waals surface area contributed by atoms with Crippen LogP contribution in [0.5, 0.6) is 0 Å². The molecule has 0 aliphatic heterocycles. The minimum atomic E-state index is -4.79. The van der Waals surface area contributed by atoms with Crippen molar-refractivity contribution in [1.29, 1.82) is 0 Å². The maximum atomic E-state index is 12.4. The van der Waals surface area contributed by atoms with Crippen LogP contribution in [-0.4, -0.2) is 52.3 Å². The Morgan fingerprint density at radius 3 is 1.65 bits per heavy atom. The number of rotatable bonds is 39. The second-order valence-electron chi connectivity index (χ2n) is 14.5. The van der Waals surface area contributed by atoms with Crippen molar-refractivity contribution in [3.8, 4) is 0 Å². The zero-order chi connectivity index (χ0) is 39.8. The van der Waals surface area contributed by atoms with E-state index in [-0.39, 0.29) is 19.4 Å². The zero-order valence-corrected chi connectivity index (χ0v) is 35.1. The van der Waals surface area contributed by atoms with Crippen LogP contribution in [0.25, 0.3) is 0 Å². The summed E-state index contributed by atoms with van der Waals surface area (Å²) in [6, 6.07) is 0. The van der Waals surface area contributed by atoms with Gasteiger partial charge in [-0.05, 0) is 44.9 Å². The van der Waals surface area contributed by atoms with Gasteiger partial charge in [-0.25, -0.2) is 4.57 Å². The van der Waals surface area contributed by atoms with Crippen molar-refractivity contribution < 1.29 is 43.0 Å². The monoisotopic (exact) mass is 783 g/mol. The van der Waals surface area contributed by atoms with Crippen molar-refractivity contribution >= 4 is 19.8 Å². The van der Waals surface area contributed by atoms with Crippen molar-refractivity contribution in [2.24, 2.45) is 0 Å². The Balaban J connectivity index is 4.06. The lowest BCUT2D eigenvalue weighted by molar-refractivity contribution is -0.161. The van der Waals surface area contributed by atoms with E-state index in [9.17, 15) is 19.3 Å². The molecule has 0 amide bonds. The molecule has 0 aromatic heterocycles. The Labute approximate surface area is 329 Å². The molecule has 3 N–H and O–H groups in total. The van der Waals surface area contributed by atoms with Gasteiger partial charge in [-0.1, -0.05) is 184 Å². The highest BCUT2D eigenvalue weighted by Crippen LogP contribution is 2.36. The standard InChI is InChI=1S/C44H79O9P/c1-3-5-7-9-11-13-14-15-16-17-18-19-20-21-23-25-29-33-37-43(46)51-39-42(40-52-54(48,49)50)53-44(47)38-34-30-26-28-32-36-41(45)35-31-27-24-22-12-10-8-6-4-2/h12,22,26-28,31-32,36,41-42,45H,3-11,13-21,23-25,29-30,33-35,37-40H2,1-2H3,(H2,48,49,50)/b22-12-,28-26+,31-27-,36-32-/t41?,42-/m1/s1. The first-order valence-corrected chi connectivity index (χ1v) is 23.1. The molecule has 0 saturated heterocycles. The molecule has 0 fully saturated rings. The molecule has 0 radical (unpaired) electrons. The highest BCUT2D eigenvalue weighted by Gasteiger charge is 2.22. The summed E-state index contributed by atoms with van der Waals surface area (Å²) in [5.74, 6) is -1.01. The molecule has 9 nitrogen and oxygen atoms in total. The van der Waals surface area contributed by atoms with Gasteiger partial charge >= 0.3 is 19.8 Å². The van der Waals surface area contributed by atoms with E-state index in [4.69, 9.17) is 19.3 Å². The van der Waals surface area contributed by atoms with E-state index in [0.29, 0.717) is 25.7 Å². The second-order valence-corrected chi connectivity index (χ2v) is 15.8. The summed E-state index contributed by atoms with van der Waals surface area (Å²) in [7, 11) is -4.79. The van der Waals surface area contributed by atoms with Gasteiger partial charge in [0.2, 0.25) is 0 Å². The summed E-state index contributed by atoms with van der Waals surface area (Å²) in [4.78, 5) is 42.8. The van der Waals surface area contributed by atoms with Crippen molar-refractivity contribution in [2.45, 2.75) is 206 Å². The Hall–Kier alpha value is -2.03. The summed E-state index contributed by atoms with van der Waals surface area (Å²) < 4.78 is 26.3. The first-order valence-electron chi connectivity index (χ1n) is 21.5. The number of phosphoric ester groups is 1. The fourth-order valence-electron chi connectivity index (χ4n) is 5.92. The number of carbonyl (C=O) groups excluding carboxylic acids is 2. The van der Waals surface area contributed by atoms with E-state index in [0.717, 1.165) is 32.1 Å². The molecular weight excluding hydrogens is 703 g/mol. The Kier molecular flexibility index (Phi) is 37.7. The second kappa shape index (κ2) is 39.2. The summed E-state index contributed by atoms with van der Waals surface area (Å²) in [6.07, 6.45) is 44.3. The van der Waals surface area contributed by atoms with Crippen molar-refractivity contribution in [2.75, 3.05) is 13.2 Å². The van der Waals surface area contributed by atoms with Gasteiger partial charge in [-0.3, -0.25) is 14.1 Å². The number of phosphoric acid groups is 1. The predicted molar refractivity (Wildman–Crippen MR) is 222 cm³/mol. The van der Waals surface area contributed by atoms with E-state index in [1.165, 1.54) is 109 Å². The molecule has 0 aromatic rings. The van der Waals surface area contributed by atoms with Gasteiger partial charge < -0.3 is 24.4 Å². The normalized spacial score (nSPS) is 13.5. The molecule has 0 aromatic carbocycles. The molecule has 0 spiro atoms.